The van der Waals surface area contributed by atoms with Crippen LogP contribution >= 0.6 is 0 Å². The van der Waals surface area contributed by atoms with E-state index in [1.54, 1.807) is 13.0 Å². The van der Waals surface area contributed by atoms with Crippen LogP contribution in [0.3, 0.4) is 0 Å². The van der Waals surface area contributed by atoms with E-state index in [0.29, 0.717) is 17.0 Å². The Bertz CT molecular complexity index is 484. The van der Waals surface area contributed by atoms with Gasteiger partial charge in [0.1, 0.15) is 0 Å². The summed E-state index contributed by atoms with van der Waals surface area (Å²) in [5, 5.41) is 13.8. The van der Waals surface area contributed by atoms with Gasteiger partial charge in [-0.25, -0.2) is 0 Å². The molecule has 0 aromatic heterocycles. The van der Waals surface area contributed by atoms with Crippen molar-refractivity contribution in [1.29, 1.82) is 0 Å². The third-order valence-corrected chi connectivity index (χ3v) is 3.31. The topological polar surface area (TPSA) is 72.2 Å². The van der Waals surface area contributed by atoms with E-state index in [9.17, 15) is 14.9 Å². The van der Waals surface area contributed by atoms with Gasteiger partial charge in [-0.05, 0) is 25.3 Å². The number of nitrogens with zero attached hydrogens (tertiary/aromatic N) is 1. The summed E-state index contributed by atoms with van der Waals surface area (Å²) in [6, 6.07) is 4.64. The van der Waals surface area contributed by atoms with Crippen LogP contribution < -0.4 is 5.32 Å². The largest absolute Gasteiger partial charge is 0.349 e. The highest BCUT2D eigenvalue weighted by Crippen LogP contribution is 2.21. The minimum absolute atomic E-state index is 0.0229. The van der Waals surface area contributed by atoms with Gasteiger partial charge in [0.2, 0.25) is 0 Å². The number of hydrogen-bond acceptors (Lipinski definition) is 3. The van der Waals surface area contributed by atoms with Crippen molar-refractivity contribution in [2.45, 2.75) is 40.2 Å². The van der Waals surface area contributed by atoms with Gasteiger partial charge in [-0.2, -0.15) is 0 Å². The van der Waals surface area contributed by atoms with Gasteiger partial charge in [-0.15, -0.1) is 0 Å². The van der Waals surface area contributed by atoms with Crippen molar-refractivity contribution in [2.75, 3.05) is 0 Å². The quantitative estimate of drug-likeness (QED) is 0.656. The minimum Gasteiger partial charge on any atom is -0.349 e. The second kappa shape index (κ2) is 6.31. The van der Waals surface area contributed by atoms with Crippen LogP contribution in [0, 0.1) is 23.0 Å². The van der Waals surface area contributed by atoms with Gasteiger partial charge in [-0.1, -0.05) is 26.8 Å². The van der Waals surface area contributed by atoms with E-state index in [1.165, 1.54) is 12.1 Å². The molecule has 0 saturated carbocycles. The lowest BCUT2D eigenvalue weighted by Crippen LogP contribution is -2.38. The van der Waals surface area contributed by atoms with Crippen LogP contribution in [0.1, 0.15) is 43.1 Å². The lowest BCUT2D eigenvalue weighted by Gasteiger charge is -2.21. The predicted molar refractivity (Wildman–Crippen MR) is 74.2 cm³/mol. The molecule has 19 heavy (non-hydrogen) atoms. The molecule has 0 aliphatic heterocycles. The number of rotatable bonds is 5. The van der Waals surface area contributed by atoms with Gasteiger partial charge in [0.15, 0.2) is 0 Å². The van der Waals surface area contributed by atoms with E-state index in [4.69, 9.17) is 0 Å². The van der Waals surface area contributed by atoms with Crippen molar-refractivity contribution < 1.29 is 9.72 Å². The van der Waals surface area contributed by atoms with Gasteiger partial charge in [-0.3, -0.25) is 14.9 Å². The molecule has 0 fully saturated rings. The number of benzene rings is 1. The number of nitro benzene ring substituents is 1. The van der Waals surface area contributed by atoms with Crippen LogP contribution in [-0.2, 0) is 0 Å². The molecule has 1 aromatic rings. The summed E-state index contributed by atoms with van der Waals surface area (Å²) in [5.74, 6) is 0.0784. The normalized spacial score (nSPS) is 12.3. The van der Waals surface area contributed by atoms with Crippen LogP contribution in [0.5, 0.6) is 0 Å². The molecule has 0 aliphatic rings. The lowest BCUT2D eigenvalue weighted by molar-refractivity contribution is -0.385. The van der Waals surface area contributed by atoms with Gasteiger partial charge in [0.25, 0.3) is 11.6 Å². The molecule has 1 aromatic carbocycles. The molecular formula is C14H20N2O3. The van der Waals surface area contributed by atoms with Gasteiger partial charge >= 0.3 is 0 Å². The highest BCUT2D eigenvalue weighted by atomic mass is 16.6. The maximum Gasteiger partial charge on any atom is 0.273 e. The van der Waals surface area contributed by atoms with E-state index in [-0.39, 0.29) is 17.6 Å². The lowest BCUT2D eigenvalue weighted by atomic mass is 10.00. The first kappa shape index (κ1) is 15.1. The minimum atomic E-state index is -0.466. The molecule has 0 bridgehead atoms. The first-order valence-electron chi connectivity index (χ1n) is 6.43. The summed E-state index contributed by atoms with van der Waals surface area (Å²) < 4.78 is 0. The Labute approximate surface area is 113 Å². The molecular weight excluding hydrogens is 244 g/mol. The van der Waals surface area contributed by atoms with Crippen molar-refractivity contribution in [2.24, 2.45) is 5.92 Å². The van der Waals surface area contributed by atoms with Crippen molar-refractivity contribution in [3.05, 3.63) is 39.4 Å². The standard InChI is InChI=1S/C14H20N2O3/c1-5-12(9(2)3)15-14(17)11-7-6-8-13(10(11)4)16(18)19/h6-9,12H,5H2,1-4H3,(H,15,17). The fourth-order valence-electron chi connectivity index (χ4n) is 2.05. The summed E-state index contributed by atoms with van der Waals surface area (Å²) in [6.45, 7) is 7.68. The Morgan fingerprint density at radius 3 is 2.53 bits per heavy atom. The average molecular weight is 264 g/mol. The second-order valence-electron chi connectivity index (χ2n) is 4.94. The van der Waals surface area contributed by atoms with Crippen LogP contribution in [0.15, 0.2) is 18.2 Å². The highest BCUT2D eigenvalue weighted by molar-refractivity contribution is 5.96. The third kappa shape index (κ3) is 3.53. The van der Waals surface area contributed by atoms with Crippen LogP contribution in [0.2, 0.25) is 0 Å². The first-order chi connectivity index (χ1) is 8.88. The Morgan fingerprint density at radius 1 is 1.42 bits per heavy atom. The summed E-state index contributed by atoms with van der Waals surface area (Å²) in [6.07, 6.45) is 0.831. The summed E-state index contributed by atoms with van der Waals surface area (Å²) in [4.78, 5) is 22.6. The zero-order chi connectivity index (χ0) is 14.6. The Kier molecular flexibility index (Phi) is 5.03. The third-order valence-electron chi connectivity index (χ3n) is 3.31. The van der Waals surface area contributed by atoms with E-state index >= 15 is 0 Å². The van der Waals surface area contributed by atoms with Crippen molar-refractivity contribution in [3.8, 4) is 0 Å². The SMILES string of the molecule is CCC(NC(=O)c1cccc([N+](=O)[O-])c1C)C(C)C. The molecule has 0 aliphatic carbocycles. The number of nitro groups is 1. The number of hydrogen-bond donors (Lipinski definition) is 1. The zero-order valence-corrected chi connectivity index (χ0v) is 11.8. The predicted octanol–water partition coefficient (Wildman–Crippen LogP) is 3.07. The molecule has 0 saturated heterocycles. The molecule has 1 amide bonds. The number of nitrogens with one attached hydrogen (secondary N) is 1. The molecule has 1 unspecified atom stereocenters. The summed E-state index contributed by atoms with van der Waals surface area (Å²) in [7, 11) is 0. The summed E-state index contributed by atoms with van der Waals surface area (Å²) >= 11 is 0. The maximum atomic E-state index is 12.2. The summed E-state index contributed by atoms with van der Waals surface area (Å²) in [5.41, 5.74) is 0.752. The van der Waals surface area contributed by atoms with Crippen LogP contribution in [0.4, 0.5) is 5.69 Å². The second-order valence-corrected chi connectivity index (χ2v) is 4.94. The molecule has 0 spiro atoms. The van der Waals surface area contributed by atoms with E-state index in [0.717, 1.165) is 6.42 Å². The molecule has 1 rings (SSSR count). The van der Waals surface area contributed by atoms with Crippen LogP contribution in [0.25, 0.3) is 0 Å². The fourth-order valence-corrected chi connectivity index (χ4v) is 2.05. The molecule has 5 nitrogen and oxygen atoms in total. The van der Waals surface area contributed by atoms with Crippen molar-refractivity contribution in [1.82, 2.24) is 5.32 Å². The average Bonchev–Trinajstić information content (AvgIpc) is 2.35. The Hall–Kier alpha value is -1.91. The number of carbonyl (C=O) groups excluding carboxylic acids is 1. The first-order valence-corrected chi connectivity index (χ1v) is 6.43. The number of carbonyl (C=O) groups is 1. The van der Waals surface area contributed by atoms with Gasteiger partial charge in [0.05, 0.1) is 4.92 Å². The molecule has 1 atom stereocenters. The Morgan fingerprint density at radius 2 is 2.05 bits per heavy atom. The monoisotopic (exact) mass is 264 g/mol. The smallest absolute Gasteiger partial charge is 0.273 e. The molecule has 0 radical (unpaired) electrons. The van der Waals surface area contributed by atoms with Crippen molar-refractivity contribution in [3.63, 3.8) is 0 Å². The molecule has 104 valence electrons. The fraction of sp³-hybridized carbons (Fsp3) is 0.500. The Balaban J connectivity index is 3.00. The van der Waals surface area contributed by atoms with E-state index < -0.39 is 4.92 Å². The van der Waals surface area contributed by atoms with Gasteiger partial charge in [0, 0.05) is 23.2 Å². The molecule has 0 heterocycles. The van der Waals surface area contributed by atoms with E-state index in [1.807, 2.05) is 20.8 Å². The molecule has 5 heteroatoms. The number of amides is 1. The maximum absolute atomic E-state index is 12.2. The van der Waals surface area contributed by atoms with Crippen LogP contribution in [-0.4, -0.2) is 16.9 Å². The van der Waals surface area contributed by atoms with Gasteiger partial charge < -0.3 is 5.32 Å². The highest BCUT2D eigenvalue weighted by Gasteiger charge is 2.20. The van der Waals surface area contributed by atoms with E-state index in [2.05, 4.69) is 5.32 Å². The zero-order valence-electron chi connectivity index (χ0n) is 11.8. The molecule has 1 N–H and O–H groups in total. The van der Waals surface area contributed by atoms with Crippen molar-refractivity contribution >= 4 is 11.6 Å².